The first-order valence-electron chi connectivity index (χ1n) is 11.2. The Kier molecular flexibility index (Phi) is 9.77. The minimum absolute atomic E-state index is 0. The van der Waals surface area contributed by atoms with E-state index in [1.54, 1.807) is 48.8 Å². The number of nitrogens with zero attached hydrogens (tertiary/aromatic N) is 4. The molecule has 10 heteroatoms. The maximum Gasteiger partial charge on any atom is 0.260 e. The molecule has 7 nitrogen and oxygen atoms in total. The summed E-state index contributed by atoms with van der Waals surface area (Å²) in [6, 6.07) is 10.8. The van der Waals surface area contributed by atoms with Gasteiger partial charge in [0.2, 0.25) is 0 Å². The highest BCUT2D eigenvalue weighted by atomic mass is 35.5. The number of aryl methyl sites for hydroxylation is 1. The number of hydrogen-bond donors (Lipinski definition) is 0. The number of unbranched alkanes of at least 4 members (excludes halogenated alkanes) is 1. The van der Waals surface area contributed by atoms with Crippen LogP contribution in [0.2, 0.25) is 5.02 Å². The van der Waals surface area contributed by atoms with Crippen molar-refractivity contribution in [2.75, 3.05) is 25.2 Å². The molecule has 0 aliphatic heterocycles. The van der Waals surface area contributed by atoms with Gasteiger partial charge >= 0.3 is 0 Å². The first kappa shape index (κ1) is 26.8. The molecule has 186 valence electrons. The Morgan fingerprint density at radius 1 is 1.17 bits per heavy atom. The summed E-state index contributed by atoms with van der Waals surface area (Å²) in [4.78, 5) is 24.1. The number of halogens is 2. The zero-order valence-electron chi connectivity index (χ0n) is 19.6. The van der Waals surface area contributed by atoms with Crippen LogP contribution in [0.25, 0.3) is 10.2 Å². The zero-order chi connectivity index (χ0) is 23.9. The van der Waals surface area contributed by atoms with Gasteiger partial charge in [-0.3, -0.25) is 9.69 Å². The zero-order valence-corrected chi connectivity index (χ0v) is 22.0. The van der Waals surface area contributed by atoms with E-state index < -0.39 is 0 Å². The summed E-state index contributed by atoms with van der Waals surface area (Å²) in [5.41, 5.74) is 1.23. The summed E-state index contributed by atoms with van der Waals surface area (Å²) in [5, 5.41) is 1.17. The summed E-state index contributed by atoms with van der Waals surface area (Å²) >= 11 is 7.82. The fraction of sp³-hybridized carbons (Fsp3) is 0.320. The monoisotopic (exact) mass is 534 g/mol. The molecule has 4 aromatic rings. The molecule has 2 heterocycles. The van der Waals surface area contributed by atoms with Crippen LogP contribution in [0.4, 0.5) is 5.13 Å². The summed E-state index contributed by atoms with van der Waals surface area (Å²) < 4.78 is 14.0. The topological polar surface area (TPSA) is 69.5 Å². The lowest BCUT2D eigenvalue weighted by atomic mass is 10.2. The van der Waals surface area contributed by atoms with Crippen LogP contribution >= 0.6 is 35.3 Å². The van der Waals surface area contributed by atoms with Gasteiger partial charge in [-0.25, -0.2) is 9.97 Å². The summed E-state index contributed by atoms with van der Waals surface area (Å²) in [5.74, 6) is 1.26. The fourth-order valence-electron chi connectivity index (χ4n) is 3.52. The van der Waals surface area contributed by atoms with Gasteiger partial charge in [0.1, 0.15) is 17.0 Å². The number of imidazole rings is 1. The molecule has 0 aliphatic carbocycles. The van der Waals surface area contributed by atoms with Gasteiger partial charge in [0, 0.05) is 31.0 Å². The van der Waals surface area contributed by atoms with Crippen LogP contribution in [0.15, 0.2) is 55.1 Å². The second-order valence-electron chi connectivity index (χ2n) is 7.76. The molecule has 2 aromatic heterocycles. The van der Waals surface area contributed by atoms with Gasteiger partial charge in [-0.15, -0.1) is 12.4 Å². The molecule has 0 bridgehead atoms. The van der Waals surface area contributed by atoms with Crippen LogP contribution < -0.4 is 14.4 Å². The highest BCUT2D eigenvalue weighted by molar-refractivity contribution is 7.23. The van der Waals surface area contributed by atoms with Gasteiger partial charge in [0.25, 0.3) is 5.91 Å². The largest absolute Gasteiger partial charge is 0.494 e. The smallest absolute Gasteiger partial charge is 0.260 e. The minimum Gasteiger partial charge on any atom is -0.494 e. The number of benzene rings is 2. The van der Waals surface area contributed by atoms with E-state index in [9.17, 15) is 4.79 Å². The van der Waals surface area contributed by atoms with Gasteiger partial charge in [-0.1, -0.05) is 36.3 Å². The molecule has 0 aliphatic rings. The van der Waals surface area contributed by atoms with Crippen molar-refractivity contribution in [3.8, 4) is 11.5 Å². The molecule has 1 amide bonds. The average Bonchev–Trinajstić information content (AvgIpc) is 3.53. The van der Waals surface area contributed by atoms with Crippen molar-refractivity contribution in [1.29, 1.82) is 0 Å². The van der Waals surface area contributed by atoms with Crippen molar-refractivity contribution >= 4 is 56.6 Å². The quantitative estimate of drug-likeness (QED) is 0.205. The number of fused-ring (bicyclic) bond motifs is 1. The Labute approximate surface area is 220 Å². The molecule has 0 fully saturated rings. The van der Waals surface area contributed by atoms with Crippen LogP contribution in [0.1, 0.15) is 36.5 Å². The maximum absolute atomic E-state index is 13.6. The molecule has 0 spiro atoms. The molecule has 0 unspecified atom stereocenters. The third-order valence-corrected chi connectivity index (χ3v) is 6.91. The molecular weight excluding hydrogens is 507 g/mol. The Balaban J connectivity index is 0.00000342. The Bertz CT molecular complexity index is 1230. The van der Waals surface area contributed by atoms with E-state index in [4.69, 9.17) is 26.1 Å². The second kappa shape index (κ2) is 12.8. The van der Waals surface area contributed by atoms with Crippen molar-refractivity contribution in [3.05, 3.63) is 65.7 Å². The first-order chi connectivity index (χ1) is 16.6. The molecule has 35 heavy (non-hydrogen) atoms. The SMILES string of the molecule is CCCCOc1ccc(C(=O)N(CCCn2ccnc2)c2nc3c(OC)ccc(Cl)c3s2)cc1.Cl. The van der Waals surface area contributed by atoms with Gasteiger partial charge < -0.3 is 14.0 Å². The predicted molar refractivity (Wildman–Crippen MR) is 144 cm³/mol. The number of hydrogen-bond acceptors (Lipinski definition) is 6. The van der Waals surface area contributed by atoms with E-state index in [1.165, 1.54) is 11.3 Å². The second-order valence-corrected chi connectivity index (χ2v) is 9.15. The lowest BCUT2D eigenvalue weighted by molar-refractivity contribution is 0.0986. The number of carbonyl (C=O) groups excluding carboxylic acids is 1. The number of anilines is 1. The number of methoxy groups -OCH3 is 1. The van der Waals surface area contributed by atoms with E-state index >= 15 is 0 Å². The van der Waals surface area contributed by atoms with Crippen molar-refractivity contribution in [2.45, 2.75) is 32.7 Å². The van der Waals surface area contributed by atoms with Gasteiger partial charge in [0.15, 0.2) is 5.13 Å². The average molecular weight is 535 g/mol. The van der Waals surface area contributed by atoms with Crippen LogP contribution in [0.5, 0.6) is 11.5 Å². The molecule has 0 N–H and O–H groups in total. The molecule has 0 radical (unpaired) electrons. The lowest BCUT2D eigenvalue weighted by Gasteiger charge is -2.20. The standard InChI is InChI=1S/C25H27ClN4O3S.ClH/c1-3-4-16-33-19-8-6-18(7-9-19)24(31)30(14-5-13-29-15-12-27-17-29)25-28-22-21(32-2)11-10-20(26)23(22)34-25;/h6-12,15,17H,3-5,13-14,16H2,1-2H3;1H. The summed E-state index contributed by atoms with van der Waals surface area (Å²) in [6.07, 6.45) is 8.23. The number of rotatable bonds is 11. The van der Waals surface area contributed by atoms with Crippen molar-refractivity contribution in [2.24, 2.45) is 0 Å². The molecule has 0 saturated carbocycles. The number of aromatic nitrogens is 3. The van der Waals surface area contributed by atoms with Crippen LogP contribution in [0, 0.1) is 0 Å². The minimum atomic E-state index is -0.125. The number of amides is 1. The van der Waals surface area contributed by atoms with E-state index in [1.807, 2.05) is 22.9 Å². The van der Waals surface area contributed by atoms with E-state index in [0.717, 1.165) is 36.3 Å². The normalized spacial score (nSPS) is 10.7. The third kappa shape index (κ3) is 6.45. The van der Waals surface area contributed by atoms with Gasteiger partial charge in [0.05, 0.1) is 29.8 Å². The molecular formula is C25H28Cl2N4O3S. The van der Waals surface area contributed by atoms with Gasteiger partial charge in [-0.2, -0.15) is 0 Å². The molecule has 2 aromatic carbocycles. The number of ether oxygens (including phenoxy) is 2. The summed E-state index contributed by atoms with van der Waals surface area (Å²) in [6.45, 7) is 4.02. The Hall–Kier alpha value is -2.81. The predicted octanol–water partition coefficient (Wildman–Crippen LogP) is 6.49. The summed E-state index contributed by atoms with van der Waals surface area (Å²) in [7, 11) is 1.60. The fourth-order valence-corrected chi connectivity index (χ4v) is 4.80. The van der Waals surface area contributed by atoms with Crippen LogP contribution in [-0.4, -0.2) is 40.7 Å². The van der Waals surface area contributed by atoms with Crippen LogP contribution in [0.3, 0.4) is 0 Å². The highest BCUT2D eigenvalue weighted by Gasteiger charge is 2.23. The highest BCUT2D eigenvalue weighted by Crippen LogP contribution is 2.39. The van der Waals surface area contributed by atoms with Gasteiger partial charge in [-0.05, 0) is 49.2 Å². The maximum atomic E-state index is 13.6. The Morgan fingerprint density at radius 3 is 2.66 bits per heavy atom. The number of thiazole rings is 1. The first-order valence-corrected chi connectivity index (χ1v) is 12.4. The Morgan fingerprint density at radius 2 is 1.97 bits per heavy atom. The van der Waals surface area contributed by atoms with E-state index in [-0.39, 0.29) is 18.3 Å². The van der Waals surface area contributed by atoms with E-state index in [2.05, 4.69) is 11.9 Å². The molecule has 0 saturated heterocycles. The third-order valence-electron chi connectivity index (χ3n) is 5.37. The van der Waals surface area contributed by atoms with Crippen molar-refractivity contribution in [3.63, 3.8) is 0 Å². The van der Waals surface area contributed by atoms with E-state index in [0.29, 0.717) is 40.1 Å². The van der Waals surface area contributed by atoms with Crippen molar-refractivity contribution in [1.82, 2.24) is 14.5 Å². The molecule has 0 atom stereocenters. The molecule has 4 rings (SSSR count). The van der Waals surface area contributed by atoms with Crippen molar-refractivity contribution < 1.29 is 14.3 Å². The van der Waals surface area contributed by atoms with Crippen LogP contribution in [-0.2, 0) is 6.54 Å². The number of carbonyl (C=O) groups is 1. The lowest BCUT2D eigenvalue weighted by Crippen LogP contribution is -2.32.